The molecular weight excluding hydrogens is 555 g/mol. The van der Waals surface area contributed by atoms with Crippen LogP contribution >= 0.6 is 23.1 Å². The quantitative estimate of drug-likeness (QED) is 0.148. The van der Waals surface area contributed by atoms with Gasteiger partial charge in [0.05, 0.1) is 17.0 Å². The standard InChI is InChI=1S/C30H25N7O2S2/c1-18-10-9-15-36-25(18)32-26-23(28(36)39)16-22(24(31)37(26)19(2)21-13-7-4-8-14-21)27(38)33-29-34-35-30(41-29)40-17-20-11-5-3-6-12-20/h3-16,19,31H,17H2,1-2H3,(H,33,34,38). The third-order valence-electron chi connectivity index (χ3n) is 6.82. The Balaban J connectivity index is 1.42. The molecule has 4 aromatic heterocycles. The number of aromatic nitrogens is 5. The van der Waals surface area contributed by atoms with Crippen molar-refractivity contribution in [3.63, 3.8) is 0 Å². The molecule has 0 saturated carbocycles. The molecule has 0 aliphatic carbocycles. The van der Waals surface area contributed by atoms with Gasteiger partial charge in [0.1, 0.15) is 16.8 Å². The van der Waals surface area contributed by atoms with Gasteiger partial charge < -0.3 is 4.57 Å². The summed E-state index contributed by atoms with van der Waals surface area (Å²) in [6, 6.07) is 24.4. The van der Waals surface area contributed by atoms with E-state index in [0.717, 1.165) is 22.4 Å². The number of thioether (sulfide) groups is 1. The monoisotopic (exact) mass is 579 g/mol. The van der Waals surface area contributed by atoms with Crippen molar-refractivity contribution in [1.82, 2.24) is 24.1 Å². The molecule has 6 aromatic rings. The van der Waals surface area contributed by atoms with E-state index in [9.17, 15) is 9.59 Å². The zero-order valence-corrected chi connectivity index (χ0v) is 23.9. The van der Waals surface area contributed by atoms with Crippen LogP contribution in [0.15, 0.2) is 94.2 Å². The van der Waals surface area contributed by atoms with Gasteiger partial charge in [-0.3, -0.25) is 24.7 Å². The maximum atomic E-state index is 13.7. The van der Waals surface area contributed by atoms with Gasteiger partial charge >= 0.3 is 0 Å². The smallest absolute Gasteiger partial charge is 0.267 e. The van der Waals surface area contributed by atoms with Gasteiger partial charge in [-0.25, -0.2) is 4.98 Å². The van der Waals surface area contributed by atoms with Crippen molar-refractivity contribution in [2.75, 3.05) is 5.32 Å². The predicted molar refractivity (Wildman–Crippen MR) is 162 cm³/mol. The maximum absolute atomic E-state index is 13.7. The van der Waals surface area contributed by atoms with E-state index in [1.165, 1.54) is 33.6 Å². The van der Waals surface area contributed by atoms with Crippen molar-refractivity contribution in [1.29, 1.82) is 5.41 Å². The molecule has 1 unspecified atom stereocenters. The number of anilines is 1. The highest BCUT2D eigenvalue weighted by Crippen LogP contribution is 2.28. The van der Waals surface area contributed by atoms with Crippen molar-refractivity contribution in [2.24, 2.45) is 0 Å². The fourth-order valence-corrected chi connectivity index (χ4v) is 6.39. The lowest BCUT2D eigenvalue weighted by molar-refractivity contribution is 0.102. The molecule has 1 atom stereocenters. The van der Waals surface area contributed by atoms with Gasteiger partial charge in [-0.15, -0.1) is 10.2 Å². The molecule has 0 aliphatic heterocycles. The van der Waals surface area contributed by atoms with E-state index in [1.54, 1.807) is 16.8 Å². The molecular formula is C30H25N7O2S2. The van der Waals surface area contributed by atoms with Crippen LogP contribution in [0.3, 0.4) is 0 Å². The molecule has 9 nitrogen and oxygen atoms in total. The van der Waals surface area contributed by atoms with E-state index in [1.807, 2.05) is 80.6 Å². The van der Waals surface area contributed by atoms with E-state index in [2.05, 4.69) is 15.5 Å². The van der Waals surface area contributed by atoms with E-state index in [4.69, 9.17) is 10.4 Å². The summed E-state index contributed by atoms with van der Waals surface area (Å²) in [7, 11) is 0. The number of nitrogens with zero attached hydrogens (tertiary/aromatic N) is 5. The molecule has 204 valence electrons. The second-order valence-electron chi connectivity index (χ2n) is 9.50. The Bertz CT molecular complexity index is 2020. The molecule has 0 aliphatic rings. The van der Waals surface area contributed by atoms with Gasteiger partial charge in [0, 0.05) is 11.9 Å². The normalized spacial score (nSPS) is 12.0. The Labute approximate surface area is 243 Å². The SMILES string of the molecule is Cc1cccn2c(=O)c3cc(C(=O)Nc4nnc(SCc5ccccc5)s4)c(=N)n(C(C)c4ccccc4)c3nc12. The summed E-state index contributed by atoms with van der Waals surface area (Å²) in [5.74, 6) is 0.183. The number of benzene rings is 2. The highest BCUT2D eigenvalue weighted by Gasteiger charge is 2.22. The van der Waals surface area contributed by atoms with Crippen LogP contribution in [0.1, 0.15) is 40.0 Å². The highest BCUT2D eigenvalue weighted by molar-refractivity contribution is 8.00. The first-order valence-electron chi connectivity index (χ1n) is 12.9. The average molecular weight is 580 g/mol. The molecule has 0 bridgehead atoms. The number of pyridine rings is 2. The summed E-state index contributed by atoms with van der Waals surface area (Å²) in [4.78, 5) is 32.1. The summed E-state index contributed by atoms with van der Waals surface area (Å²) in [6.07, 6.45) is 1.66. The third kappa shape index (κ3) is 5.17. The van der Waals surface area contributed by atoms with Crippen LogP contribution in [0.2, 0.25) is 0 Å². The Kier molecular flexibility index (Phi) is 7.21. The van der Waals surface area contributed by atoms with Crippen molar-refractivity contribution in [3.05, 3.63) is 123 Å². The number of hydrogen-bond donors (Lipinski definition) is 2. The van der Waals surface area contributed by atoms with Crippen LogP contribution in [0.25, 0.3) is 16.7 Å². The number of rotatable bonds is 7. The van der Waals surface area contributed by atoms with E-state index in [-0.39, 0.29) is 28.0 Å². The Hall–Kier alpha value is -4.61. The number of aryl methyl sites for hydroxylation is 1. The molecule has 0 radical (unpaired) electrons. The van der Waals surface area contributed by atoms with Gasteiger partial charge in [-0.1, -0.05) is 89.8 Å². The molecule has 2 aromatic carbocycles. The first kappa shape index (κ1) is 26.6. The number of hydrogen-bond acceptors (Lipinski definition) is 8. The van der Waals surface area contributed by atoms with Gasteiger partial charge in [0.25, 0.3) is 11.5 Å². The van der Waals surface area contributed by atoms with Gasteiger partial charge in [-0.05, 0) is 42.7 Å². The number of carbonyl (C=O) groups excluding carboxylic acids is 1. The second kappa shape index (κ2) is 11.1. The molecule has 0 fully saturated rings. The van der Waals surface area contributed by atoms with Crippen LogP contribution in [-0.4, -0.2) is 30.1 Å². The molecule has 0 spiro atoms. The average Bonchev–Trinajstić information content (AvgIpc) is 3.44. The zero-order valence-electron chi connectivity index (χ0n) is 22.2. The second-order valence-corrected chi connectivity index (χ2v) is 11.7. The van der Waals surface area contributed by atoms with Crippen LogP contribution in [0, 0.1) is 12.3 Å². The van der Waals surface area contributed by atoms with E-state index in [0.29, 0.717) is 20.8 Å². The molecule has 1 amide bonds. The van der Waals surface area contributed by atoms with Crippen molar-refractivity contribution in [2.45, 2.75) is 30.0 Å². The lowest BCUT2D eigenvalue weighted by Gasteiger charge is -2.21. The van der Waals surface area contributed by atoms with Crippen molar-refractivity contribution >= 4 is 50.8 Å². The molecule has 0 saturated heterocycles. The minimum absolute atomic E-state index is 0.0421. The van der Waals surface area contributed by atoms with E-state index < -0.39 is 5.91 Å². The summed E-state index contributed by atoms with van der Waals surface area (Å²) in [5.41, 5.74) is 3.43. The summed E-state index contributed by atoms with van der Waals surface area (Å²) in [6.45, 7) is 3.81. The van der Waals surface area contributed by atoms with Gasteiger partial charge in [-0.2, -0.15) is 0 Å². The number of carbonyl (C=O) groups is 1. The number of nitrogens with one attached hydrogen (secondary N) is 2. The summed E-state index contributed by atoms with van der Waals surface area (Å²) in [5, 5.41) is 20.8. The first-order valence-corrected chi connectivity index (χ1v) is 14.7. The topological polar surface area (TPSA) is 118 Å². The van der Waals surface area contributed by atoms with Gasteiger partial charge in [0.15, 0.2) is 4.34 Å². The fourth-order valence-electron chi connectivity index (χ4n) is 4.69. The molecule has 4 heterocycles. The predicted octanol–water partition coefficient (Wildman–Crippen LogP) is 5.44. The lowest BCUT2D eigenvalue weighted by Crippen LogP contribution is -2.34. The first-order chi connectivity index (χ1) is 19.9. The number of fused-ring (bicyclic) bond motifs is 2. The summed E-state index contributed by atoms with van der Waals surface area (Å²) >= 11 is 2.79. The molecule has 41 heavy (non-hydrogen) atoms. The van der Waals surface area contributed by atoms with Crippen LogP contribution < -0.4 is 16.4 Å². The van der Waals surface area contributed by atoms with Crippen LogP contribution in [0.5, 0.6) is 0 Å². The van der Waals surface area contributed by atoms with Crippen molar-refractivity contribution in [3.8, 4) is 0 Å². The highest BCUT2D eigenvalue weighted by atomic mass is 32.2. The Morgan fingerprint density at radius 2 is 1.76 bits per heavy atom. The fraction of sp³-hybridized carbons (Fsp3) is 0.133. The minimum atomic E-state index is -0.546. The maximum Gasteiger partial charge on any atom is 0.267 e. The van der Waals surface area contributed by atoms with Crippen LogP contribution in [0.4, 0.5) is 5.13 Å². The molecule has 2 N–H and O–H groups in total. The molecule has 6 rings (SSSR count). The Morgan fingerprint density at radius 3 is 2.51 bits per heavy atom. The van der Waals surface area contributed by atoms with Crippen LogP contribution in [-0.2, 0) is 5.75 Å². The van der Waals surface area contributed by atoms with Crippen molar-refractivity contribution < 1.29 is 4.79 Å². The Morgan fingerprint density at radius 1 is 1.02 bits per heavy atom. The lowest BCUT2D eigenvalue weighted by atomic mass is 10.1. The number of amides is 1. The minimum Gasteiger partial charge on any atom is -0.303 e. The van der Waals surface area contributed by atoms with E-state index >= 15 is 0 Å². The molecule has 11 heteroatoms. The third-order valence-corrected chi connectivity index (χ3v) is 8.87. The largest absolute Gasteiger partial charge is 0.303 e. The van der Waals surface area contributed by atoms with Gasteiger partial charge in [0.2, 0.25) is 5.13 Å². The zero-order chi connectivity index (χ0) is 28.5. The summed E-state index contributed by atoms with van der Waals surface area (Å²) < 4.78 is 3.83.